The summed E-state index contributed by atoms with van der Waals surface area (Å²) in [6, 6.07) is 9.22. The van der Waals surface area contributed by atoms with Crippen molar-refractivity contribution < 1.29 is 4.74 Å². The van der Waals surface area contributed by atoms with Gasteiger partial charge in [-0.3, -0.25) is 4.79 Å². The normalized spacial score (nSPS) is 10.9. The summed E-state index contributed by atoms with van der Waals surface area (Å²) in [6.45, 7) is 7.01. The average molecular weight is 286 g/mol. The van der Waals surface area contributed by atoms with Crippen molar-refractivity contribution in [2.75, 3.05) is 6.61 Å². The summed E-state index contributed by atoms with van der Waals surface area (Å²) < 4.78 is 5.55. The molecule has 21 heavy (non-hydrogen) atoms. The Hall–Kier alpha value is -2.10. The molecule has 0 aliphatic carbocycles. The third kappa shape index (κ3) is 4.45. The molecule has 1 N–H and O–H groups in total. The number of aromatic amines is 1. The highest BCUT2D eigenvalue weighted by Gasteiger charge is 2.06. The van der Waals surface area contributed by atoms with Gasteiger partial charge in [-0.15, -0.1) is 0 Å². The molecule has 2 aromatic rings. The highest BCUT2D eigenvalue weighted by Crippen LogP contribution is 2.19. The van der Waals surface area contributed by atoms with Crippen LogP contribution in [0.15, 0.2) is 35.1 Å². The molecule has 1 aromatic carbocycles. The molecule has 4 heteroatoms. The van der Waals surface area contributed by atoms with Crippen LogP contribution in [0.2, 0.25) is 0 Å². The predicted octanol–water partition coefficient (Wildman–Crippen LogP) is 3.42. The van der Waals surface area contributed by atoms with Crippen molar-refractivity contribution in [1.82, 2.24) is 9.97 Å². The molecule has 0 radical (unpaired) electrons. The standard InChI is InChI=1S/C17H22N2O2/c1-4-9-21-15-7-5-13(6-8-15)17-18-14(10-12(2)3)11-16(20)19-17/h5-8,11-12H,4,9-10H2,1-3H3,(H,18,19,20). The third-order valence-corrected chi connectivity index (χ3v) is 3.01. The van der Waals surface area contributed by atoms with Crippen LogP contribution in [-0.4, -0.2) is 16.6 Å². The number of rotatable bonds is 6. The van der Waals surface area contributed by atoms with Crippen molar-refractivity contribution in [1.29, 1.82) is 0 Å². The van der Waals surface area contributed by atoms with Crippen LogP contribution < -0.4 is 10.3 Å². The van der Waals surface area contributed by atoms with Crippen molar-refractivity contribution in [3.05, 3.63) is 46.4 Å². The van der Waals surface area contributed by atoms with Crippen LogP contribution in [0, 0.1) is 5.92 Å². The molecule has 0 bridgehead atoms. The Labute approximate surface area is 125 Å². The number of H-pyrrole nitrogens is 1. The minimum absolute atomic E-state index is 0.109. The number of nitrogens with zero attached hydrogens (tertiary/aromatic N) is 1. The van der Waals surface area contributed by atoms with E-state index in [1.54, 1.807) is 6.07 Å². The van der Waals surface area contributed by atoms with Crippen molar-refractivity contribution in [3.8, 4) is 17.1 Å². The lowest BCUT2D eigenvalue weighted by molar-refractivity contribution is 0.317. The van der Waals surface area contributed by atoms with E-state index in [0.717, 1.165) is 29.8 Å². The Bertz CT molecular complexity index is 630. The lowest BCUT2D eigenvalue weighted by Gasteiger charge is -2.08. The summed E-state index contributed by atoms with van der Waals surface area (Å²) in [4.78, 5) is 19.1. The minimum atomic E-state index is -0.109. The first-order valence-corrected chi connectivity index (χ1v) is 7.42. The van der Waals surface area contributed by atoms with Crippen LogP contribution >= 0.6 is 0 Å². The highest BCUT2D eigenvalue weighted by atomic mass is 16.5. The van der Waals surface area contributed by atoms with Gasteiger partial charge < -0.3 is 9.72 Å². The van der Waals surface area contributed by atoms with Gasteiger partial charge >= 0.3 is 0 Å². The van der Waals surface area contributed by atoms with E-state index in [2.05, 4.69) is 30.7 Å². The van der Waals surface area contributed by atoms with E-state index < -0.39 is 0 Å². The second-order valence-corrected chi connectivity index (χ2v) is 5.56. The Kier molecular flexibility index (Phi) is 5.14. The van der Waals surface area contributed by atoms with E-state index >= 15 is 0 Å². The SMILES string of the molecule is CCCOc1ccc(-c2nc(CC(C)C)cc(=O)[nH]2)cc1. The molecule has 112 valence electrons. The lowest BCUT2D eigenvalue weighted by Crippen LogP contribution is -2.11. The van der Waals surface area contributed by atoms with Gasteiger partial charge in [-0.2, -0.15) is 0 Å². The van der Waals surface area contributed by atoms with Crippen molar-refractivity contribution in [2.24, 2.45) is 5.92 Å². The Morgan fingerprint density at radius 1 is 1.24 bits per heavy atom. The monoisotopic (exact) mass is 286 g/mol. The maximum Gasteiger partial charge on any atom is 0.251 e. The topological polar surface area (TPSA) is 55.0 Å². The number of aromatic nitrogens is 2. The summed E-state index contributed by atoms with van der Waals surface area (Å²) in [7, 11) is 0. The van der Waals surface area contributed by atoms with Gasteiger partial charge in [0, 0.05) is 17.3 Å². The van der Waals surface area contributed by atoms with Crippen molar-refractivity contribution in [3.63, 3.8) is 0 Å². The zero-order valence-corrected chi connectivity index (χ0v) is 12.8. The van der Waals surface area contributed by atoms with Gasteiger partial charge in [-0.25, -0.2) is 4.98 Å². The van der Waals surface area contributed by atoms with Gasteiger partial charge in [-0.1, -0.05) is 20.8 Å². The van der Waals surface area contributed by atoms with Crippen LogP contribution in [0.4, 0.5) is 0 Å². The quantitative estimate of drug-likeness (QED) is 0.885. The van der Waals surface area contributed by atoms with E-state index in [4.69, 9.17) is 4.74 Å². The van der Waals surface area contributed by atoms with E-state index in [0.29, 0.717) is 18.3 Å². The molecular formula is C17H22N2O2. The van der Waals surface area contributed by atoms with Gasteiger partial charge in [0.25, 0.3) is 5.56 Å². The van der Waals surface area contributed by atoms with Gasteiger partial charge in [0.1, 0.15) is 11.6 Å². The number of hydrogen-bond donors (Lipinski definition) is 1. The summed E-state index contributed by atoms with van der Waals surface area (Å²) in [6.07, 6.45) is 1.78. The number of hydrogen-bond acceptors (Lipinski definition) is 3. The molecule has 0 atom stereocenters. The molecule has 4 nitrogen and oxygen atoms in total. The molecule has 2 rings (SSSR count). The molecule has 0 unspecified atom stereocenters. The smallest absolute Gasteiger partial charge is 0.251 e. The summed E-state index contributed by atoms with van der Waals surface area (Å²) in [5, 5.41) is 0. The van der Waals surface area contributed by atoms with Crippen molar-refractivity contribution in [2.45, 2.75) is 33.6 Å². The van der Waals surface area contributed by atoms with E-state index in [-0.39, 0.29) is 5.56 Å². The molecule has 0 saturated carbocycles. The van der Waals surface area contributed by atoms with Gasteiger partial charge in [0.05, 0.1) is 6.61 Å². The zero-order chi connectivity index (χ0) is 15.2. The highest BCUT2D eigenvalue weighted by molar-refractivity contribution is 5.56. The summed E-state index contributed by atoms with van der Waals surface area (Å²) in [5.74, 6) is 1.92. The average Bonchev–Trinajstić information content (AvgIpc) is 2.44. The summed E-state index contributed by atoms with van der Waals surface area (Å²) in [5.41, 5.74) is 1.61. The zero-order valence-electron chi connectivity index (χ0n) is 12.8. The van der Waals surface area contributed by atoms with Crippen LogP contribution in [-0.2, 0) is 6.42 Å². The molecule has 0 spiro atoms. The second kappa shape index (κ2) is 7.07. The van der Waals surface area contributed by atoms with Gasteiger partial charge in [0.2, 0.25) is 0 Å². The largest absolute Gasteiger partial charge is 0.494 e. The first-order chi connectivity index (χ1) is 10.1. The Balaban J connectivity index is 2.24. The fourth-order valence-corrected chi connectivity index (χ4v) is 2.10. The first-order valence-electron chi connectivity index (χ1n) is 7.42. The number of ether oxygens (including phenoxy) is 1. The molecule has 1 aromatic heterocycles. The van der Waals surface area contributed by atoms with E-state index in [1.807, 2.05) is 24.3 Å². The first kappa shape index (κ1) is 15.3. The number of nitrogens with one attached hydrogen (secondary N) is 1. The molecule has 0 aliphatic rings. The fourth-order valence-electron chi connectivity index (χ4n) is 2.10. The predicted molar refractivity (Wildman–Crippen MR) is 84.6 cm³/mol. The van der Waals surface area contributed by atoms with Gasteiger partial charge in [-0.05, 0) is 43.0 Å². The molecule has 0 aliphatic heterocycles. The maximum absolute atomic E-state index is 11.8. The maximum atomic E-state index is 11.8. The second-order valence-electron chi connectivity index (χ2n) is 5.56. The van der Waals surface area contributed by atoms with E-state index in [1.165, 1.54) is 0 Å². The van der Waals surface area contributed by atoms with Crippen molar-refractivity contribution >= 4 is 0 Å². The van der Waals surface area contributed by atoms with Crippen LogP contribution in [0.3, 0.4) is 0 Å². The molecule has 1 heterocycles. The van der Waals surface area contributed by atoms with Gasteiger partial charge in [0.15, 0.2) is 0 Å². The molecule has 0 saturated heterocycles. The fraction of sp³-hybridized carbons (Fsp3) is 0.412. The third-order valence-electron chi connectivity index (χ3n) is 3.01. The number of benzene rings is 1. The summed E-state index contributed by atoms with van der Waals surface area (Å²) >= 11 is 0. The molecule has 0 amide bonds. The lowest BCUT2D eigenvalue weighted by atomic mass is 10.1. The van der Waals surface area contributed by atoms with E-state index in [9.17, 15) is 4.79 Å². The Morgan fingerprint density at radius 2 is 1.95 bits per heavy atom. The van der Waals surface area contributed by atoms with Crippen LogP contribution in [0.25, 0.3) is 11.4 Å². The Morgan fingerprint density at radius 3 is 2.57 bits per heavy atom. The minimum Gasteiger partial charge on any atom is -0.494 e. The molecular weight excluding hydrogens is 264 g/mol. The van der Waals surface area contributed by atoms with Crippen LogP contribution in [0.5, 0.6) is 5.75 Å². The molecule has 0 fully saturated rings. The van der Waals surface area contributed by atoms with Crippen LogP contribution in [0.1, 0.15) is 32.9 Å².